The molecule has 0 bridgehead atoms. The molecule has 0 fully saturated rings. The molecule has 0 amide bonds. The molecule has 0 aliphatic heterocycles. The maximum atomic E-state index is 11.5. The van der Waals surface area contributed by atoms with Crippen molar-refractivity contribution >= 4 is 38.4 Å². The standard InChI is InChI=1S/C21H20N2O3/c1-4-14(24)11-26-23-8-7-16-12(2)20-17-9-15(25)5-6-19(17)22-21(20)13(3)18(16)10-23/h5-10,25H,4,11H2,1-3H3. The van der Waals surface area contributed by atoms with Gasteiger partial charge in [-0.3, -0.25) is 4.79 Å². The number of nitrogens with zero attached hydrogens (tertiary/aromatic N) is 2. The number of benzene rings is 2. The zero-order valence-electron chi connectivity index (χ0n) is 15.0. The number of aromatic hydroxyl groups is 1. The molecule has 5 nitrogen and oxygen atoms in total. The monoisotopic (exact) mass is 348 g/mol. The highest BCUT2D eigenvalue weighted by Crippen LogP contribution is 2.37. The third kappa shape index (κ3) is 2.47. The number of phenols is 1. The molecule has 2 aromatic heterocycles. The molecule has 0 radical (unpaired) electrons. The molecular weight excluding hydrogens is 328 g/mol. The molecule has 2 heterocycles. The molecule has 132 valence electrons. The lowest BCUT2D eigenvalue weighted by Crippen LogP contribution is -2.19. The minimum atomic E-state index is 0.0599. The highest BCUT2D eigenvalue weighted by molar-refractivity contribution is 6.16. The molecule has 0 aliphatic carbocycles. The number of carbonyl (C=O) groups is 1. The number of rotatable bonds is 4. The van der Waals surface area contributed by atoms with E-state index in [9.17, 15) is 9.90 Å². The number of aromatic nitrogens is 2. The van der Waals surface area contributed by atoms with Gasteiger partial charge in [0, 0.05) is 28.8 Å². The highest BCUT2D eigenvalue weighted by Gasteiger charge is 2.15. The molecular formula is C21H20N2O3. The summed E-state index contributed by atoms with van der Waals surface area (Å²) in [4.78, 5) is 21.8. The van der Waals surface area contributed by atoms with E-state index in [4.69, 9.17) is 9.82 Å². The third-order valence-electron chi connectivity index (χ3n) is 4.96. The van der Waals surface area contributed by atoms with Crippen LogP contribution >= 0.6 is 0 Å². The summed E-state index contributed by atoms with van der Waals surface area (Å²) in [5.74, 6) is 0.300. The van der Waals surface area contributed by atoms with Crippen LogP contribution in [0.2, 0.25) is 0 Å². The average molecular weight is 348 g/mol. The van der Waals surface area contributed by atoms with Crippen molar-refractivity contribution in [2.24, 2.45) is 0 Å². The summed E-state index contributed by atoms with van der Waals surface area (Å²) >= 11 is 0. The Kier molecular flexibility index (Phi) is 3.80. The van der Waals surface area contributed by atoms with Crippen LogP contribution in [0.1, 0.15) is 24.5 Å². The van der Waals surface area contributed by atoms with Crippen molar-refractivity contribution in [2.45, 2.75) is 27.2 Å². The Bertz CT molecular complexity index is 1170. The minimum absolute atomic E-state index is 0.0599. The van der Waals surface area contributed by atoms with Crippen LogP contribution in [0.4, 0.5) is 0 Å². The molecule has 0 aliphatic rings. The van der Waals surface area contributed by atoms with Crippen LogP contribution in [-0.2, 0) is 4.79 Å². The molecule has 2 aromatic carbocycles. The lowest BCUT2D eigenvalue weighted by Gasteiger charge is -2.13. The number of Topliss-reactive ketones (excluding diaryl/α,β-unsaturated/α-hetero) is 1. The van der Waals surface area contributed by atoms with Gasteiger partial charge in [-0.05, 0) is 54.6 Å². The van der Waals surface area contributed by atoms with Crippen molar-refractivity contribution in [2.75, 3.05) is 6.61 Å². The van der Waals surface area contributed by atoms with Gasteiger partial charge in [0.15, 0.2) is 12.4 Å². The van der Waals surface area contributed by atoms with E-state index in [0.29, 0.717) is 6.42 Å². The summed E-state index contributed by atoms with van der Waals surface area (Å²) in [5, 5.41) is 14.0. The van der Waals surface area contributed by atoms with Crippen molar-refractivity contribution < 1.29 is 14.7 Å². The SMILES string of the molecule is CCC(=O)COn1ccc2c(C)c3c(nc4ccc(O)cc43)c(C)c2c1. The van der Waals surface area contributed by atoms with Crippen molar-refractivity contribution in [1.82, 2.24) is 9.71 Å². The van der Waals surface area contributed by atoms with Gasteiger partial charge in [0.25, 0.3) is 0 Å². The largest absolute Gasteiger partial charge is 0.508 e. The van der Waals surface area contributed by atoms with E-state index >= 15 is 0 Å². The summed E-state index contributed by atoms with van der Waals surface area (Å²) < 4.78 is 1.59. The van der Waals surface area contributed by atoms with Gasteiger partial charge in [0.05, 0.1) is 17.2 Å². The molecule has 0 saturated carbocycles. The Balaban J connectivity index is 1.95. The van der Waals surface area contributed by atoms with Gasteiger partial charge in [0.2, 0.25) is 0 Å². The van der Waals surface area contributed by atoms with E-state index in [1.54, 1.807) is 16.9 Å². The smallest absolute Gasteiger partial charge is 0.173 e. The number of carbonyl (C=O) groups excluding carboxylic acids is 1. The average Bonchev–Trinajstić information content (AvgIpc) is 3.03. The number of hydrogen-bond donors (Lipinski definition) is 1. The van der Waals surface area contributed by atoms with Gasteiger partial charge in [0.1, 0.15) is 5.75 Å². The van der Waals surface area contributed by atoms with E-state index in [1.165, 1.54) is 0 Å². The highest BCUT2D eigenvalue weighted by atomic mass is 16.7. The predicted octanol–water partition coefficient (Wildman–Crippen LogP) is 4.07. The van der Waals surface area contributed by atoms with E-state index < -0.39 is 0 Å². The summed E-state index contributed by atoms with van der Waals surface area (Å²) in [6.07, 6.45) is 4.18. The van der Waals surface area contributed by atoms with Crippen molar-refractivity contribution in [1.29, 1.82) is 0 Å². The molecule has 1 N–H and O–H groups in total. The lowest BCUT2D eigenvalue weighted by molar-refractivity contribution is -0.123. The normalized spacial score (nSPS) is 11.5. The van der Waals surface area contributed by atoms with Crippen LogP contribution in [0.15, 0.2) is 36.7 Å². The third-order valence-corrected chi connectivity index (χ3v) is 4.96. The number of fused-ring (bicyclic) bond motifs is 4. The van der Waals surface area contributed by atoms with Gasteiger partial charge in [-0.15, -0.1) is 0 Å². The Morgan fingerprint density at radius 2 is 1.96 bits per heavy atom. The van der Waals surface area contributed by atoms with Crippen molar-refractivity contribution in [3.8, 4) is 5.75 Å². The quantitative estimate of drug-likeness (QED) is 0.604. The Hall–Kier alpha value is -3.08. The van der Waals surface area contributed by atoms with Gasteiger partial charge in [-0.25, -0.2) is 4.98 Å². The molecule has 0 saturated heterocycles. The first kappa shape index (κ1) is 16.4. The molecule has 4 rings (SSSR count). The summed E-state index contributed by atoms with van der Waals surface area (Å²) in [7, 11) is 0. The number of ketones is 1. The second-order valence-corrected chi connectivity index (χ2v) is 6.58. The molecule has 0 unspecified atom stereocenters. The van der Waals surface area contributed by atoms with Crippen LogP contribution in [0, 0.1) is 13.8 Å². The first-order valence-electron chi connectivity index (χ1n) is 8.68. The molecule has 4 aromatic rings. The van der Waals surface area contributed by atoms with Crippen molar-refractivity contribution in [3.63, 3.8) is 0 Å². The minimum Gasteiger partial charge on any atom is -0.508 e. The fourth-order valence-corrected chi connectivity index (χ4v) is 3.47. The van der Waals surface area contributed by atoms with Gasteiger partial charge < -0.3 is 9.94 Å². The Labute approximate surface area is 150 Å². The molecule has 0 atom stereocenters. The predicted molar refractivity (Wildman–Crippen MR) is 103 cm³/mol. The van der Waals surface area contributed by atoms with Crippen LogP contribution in [-0.4, -0.2) is 27.2 Å². The molecule has 0 spiro atoms. The van der Waals surface area contributed by atoms with Gasteiger partial charge in [-0.2, -0.15) is 4.73 Å². The summed E-state index contributed by atoms with van der Waals surface area (Å²) in [6, 6.07) is 7.26. The number of phenolic OH excluding ortho intramolecular Hbond substituents is 1. The topological polar surface area (TPSA) is 64.4 Å². The van der Waals surface area contributed by atoms with Crippen LogP contribution in [0.5, 0.6) is 5.75 Å². The molecule has 26 heavy (non-hydrogen) atoms. The van der Waals surface area contributed by atoms with Crippen molar-refractivity contribution in [3.05, 3.63) is 47.8 Å². The Morgan fingerprint density at radius 3 is 2.73 bits per heavy atom. The fourth-order valence-electron chi connectivity index (χ4n) is 3.47. The van der Waals surface area contributed by atoms with E-state index in [1.807, 2.05) is 38.4 Å². The van der Waals surface area contributed by atoms with Gasteiger partial charge in [-0.1, -0.05) is 6.92 Å². The maximum Gasteiger partial charge on any atom is 0.173 e. The second kappa shape index (κ2) is 6.02. The van der Waals surface area contributed by atoms with Crippen LogP contribution < -0.4 is 4.84 Å². The molecule has 5 heteroatoms. The Morgan fingerprint density at radius 1 is 1.15 bits per heavy atom. The second-order valence-electron chi connectivity index (χ2n) is 6.58. The lowest BCUT2D eigenvalue weighted by atomic mass is 9.97. The summed E-state index contributed by atoms with van der Waals surface area (Å²) in [5.41, 5.74) is 3.97. The van der Waals surface area contributed by atoms with E-state index in [-0.39, 0.29) is 18.1 Å². The summed E-state index contributed by atoms with van der Waals surface area (Å²) in [6.45, 7) is 5.99. The zero-order valence-corrected chi connectivity index (χ0v) is 15.0. The number of hydrogen-bond acceptors (Lipinski definition) is 4. The fraction of sp³-hybridized carbons (Fsp3) is 0.238. The number of aryl methyl sites for hydroxylation is 2. The van der Waals surface area contributed by atoms with Crippen LogP contribution in [0.25, 0.3) is 32.6 Å². The first-order valence-corrected chi connectivity index (χ1v) is 8.68. The number of pyridine rings is 1. The van der Waals surface area contributed by atoms with E-state index in [2.05, 4.69) is 6.92 Å². The van der Waals surface area contributed by atoms with E-state index in [0.717, 1.165) is 43.7 Å². The maximum absolute atomic E-state index is 11.5. The first-order chi connectivity index (χ1) is 12.5. The van der Waals surface area contributed by atoms with Crippen LogP contribution in [0.3, 0.4) is 0 Å². The zero-order chi connectivity index (χ0) is 18.4. The van der Waals surface area contributed by atoms with Gasteiger partial charge >= 0.3 is 0 Å².